The van der Waals surface area contributed by atoms with E-state index in [1.54, 1.807) is 11.8 Å². The molecule has 0 spiro atoms. The molecule has 1 aromatic carbocycles. The van der Waals surface area contributed by atoms with Crippen molar-refractivity contribution in [3.05, 3.63) is 41.5 Å². The van der Waals surface area contributed by atoms with E-state index in [4.69, 9.17) is 15.0 Å². The molecule has 2 unspecified atom stereocenters. The number of hydrogen-bond acceptors (Lipinski definition) is 6. The Hall–Kier alpha value is -1.37. The molecule has 0 radical (unpaired) electrons. The predicted molar refractivity (Wildman–Crippen MR) is 81.2 cm³/mol. The standard InChI is InChI=1S/C15H19N3O2S/c1-10-4-3-5-11(6-10)21-8-13-17-14(20-18-13)15(2)9-19-7-12(15)16/h3-6,12H,7-9,16H2,1-2H3. The first-order valence-electron chi connectivity index (χ1n) is 6.94. The molecule has 2 aromatic rings. The molecule has 1 aliphatic rings. The van der Waals surface area contributed by atoms with Gasteiger partial charge >= 0.3 is 0 Å². The van der Waals surface area contributed by atoms with Crippen LogP contribution in [0.4, 0.5) is 0 Å². The molecule has 3 rings (SSSR count). The van der Waals surface area contributed by atoms with Gasteiger partial charge in [-0.25, -0.2) is 0 Å². The Morgan fingerprint density at radius 3 is 3.05 bits per heavy atom. The molecule has 1 fully saturated rings. The van der Waals surface area contributed by atoms with Crippen molar-refractivity contribution >= 4 is 11.8 Å². The van der Waals surface area contributed by atoms with Crippen molar-refractivity contribution in [3.63, 3.8) is 0 Å². The van der Waals surface area contributed by atoms with Gasteiger partial charge < -0.3 is 15.0 Å². The number of ether oxygens (including phenoxy) is 1. The van der Waals surface area contributed by atoms with Gasteiger partial charge in [-0.1, -0.05) is 22.9 Å². The van der Waals surface area contributed by atoms with Crippen LogP contribution in [0.5, 0.6) is 0 Å². The Labute approximate surface area is 128 Å². The van der Waals surface area contributed by atoms with Crippen molar-refractivity contribution in [1.82, 2.24) is 10.1 Å². The number of benzene rings is 1. The van der Waals surface area contributed by atoms with Gasteiger partial charge in [-0.05, 0) is 26.0 Å². The quantitative estimate of drug-likeness (QED) is 0.874. The summed E-state index contributed by atoms with van der Waals surface area (Å²) in [5.41, 5.74) is 6.95. The SMILES string of the molecule is Cc1cccc(SCc2noc(C3(C)COCC3N)n2)c1. The van der Waals surface area contributed by atoms with Gasteiger partial charge in [-0.2, -0.15) is 4.98 Å². The van der Waals surface area contributed by atoms with Crippen LogP contribution < -0.4 is 5.73 Å². The summed E-state index contributed by atoms with van der Waals surface area (Å²) in [5.74, 6) is 1.95. The smallest absolute Gasteiger partial charge is 0.236 e. The number of hydrogen-bond donors (Lipinski definition) is 1. The molecule has 0 bridgehead atoms. The Balaban J connectivity index is 1.68. The van der Waals surface area contributed by atoms with Crippen LogP contribution in [0.15, 0.2) is 33.7 Å². The molecule has 0 amide bonds. The highest BCUT2D eigenvalue weighted by molar-refractivity contribution is 7.98. The zero-order valence-corrected chi connectivity index (χ0v) is 13.0. The third kappa shape index (κ3) is 2.97. The molecule has 5 nitrogen and oxygen atoms in total. The van der Waals surface area contributed by atoms with Crippen LogP contribution in [0.25, 0.3) is 0 Å². The van der Waals surface area contributed by atoms with Crippen LogP contribution in [0.3, 0.4) is 0 Å². The number of aromatic nitrogens is 2. The summed E-state index contributed by atoms with van der Waals surface area (Å²) in [6.45, 7) is 5.15. The van der Waals surface area contributed by atoms with Crippen LogP contribution in [0, 0.1) is 6.92 Å². The summed E-state index contributed by atoms with van der Waals surface area (Å²) in [5, 5.41) is 4.06. The minimum absolute atomic E-state index is 0.102. The lowest BCUT2D eigenvalue weighted by Crippen LogP contribution is -2.42. The van der Waals surface area contributed by atoms with Gasteiger partial charge in [0.1, 0.15) is 0 Å². The van der Waals surface area contributed by atoms with Crippen molar-refractivity contribution in [2.45, 2.75) is 36.0 Å². The molecule has 0 aliphatic carbocycles. The highest BCUT2D eigenvalue weighted by atomic mass is 32.2. The predicted octanol–water partition coefficient (Wildman–Crippen LogP) is 2.29. The second kappa shape index (κ2) is 5.79. The van der Waals surface area contributed by atoms with Gasteiger partial charge in [0.15, 0.2) is 5.82 Å². The van der Waals surface area contributed by atoms with Gasteiger partial charge in [0.25, 0.3) is 0 Å². The van der Waals surface area contributed by atoms with Crippen LogP contribution in [0.1, 0.15) is 24.2 Å². The molecule has 2 N–H and O–H groups in total. The Bertz CT molecular complexity index is 631. The Morgan fingerprint density at radius 2 is 2.33 bits per heavy atom. The summed E-state index contributed by atoms with van der Waals surface area (Å²) in [6, 6.07) is 8.26. The number of rotatable bonds is 4. The number of aryl methyl sites for hydroxylation is 1. The summed E-state index contributed by atoms with van der Waals surface area (Å²) in [6.07, 6.45) is 0. The minimum atomic E-state index is -0.376. The lowest BCUT2D eigenvalue weighted by molar-refractivity contribution is 0.169. The van der Waals surface area contributed by atoms with Crippen molar-refractivity contribution in [1.29, 1.82) is 0 Å². The number of thioether (sulfide) groups is 1. The molecule has 1 saturated heterocycles. The lowest BCUT2D eigenvalue weighted by atomic mass is 9.86. The van der Waals surface area contributed by atoms with Crippen LogP contribution in [-0.2, 0) is 15.9 Å². The largest absolute Gasteiger partial charge is 0.379 e. The van der Waals surface area contributed by atoms with E-state index < -0.39 is 0 Å². The Morgan fingerprint density at radius 1 is 1.48 bits per heavy atom. The van der Waals surface area contributed by atoms with Gasteiger partial charge in [-0.3, -0.25) is 0 Å². The molecular weight excluding hydrogens is 286 g/mol. The molecule has 1 aromatic heterocycles. The highest BCUT2D eigenvalue weighted by Crippen LogP contribution is 2.31. The van der Waals surface area contributed by atoms with E-state index in [0.717, 1.165) is 0 Å². The lowest BCUT2D eigenvalue weighted by Gasteiger charge is -2.21. The minimum Gasteiger partial charge on any atom is -0.379 e. The van der Waals surface area contributed by atoms with Crippen LogP contribution in [0.2, 0.25) is 0 Å². The summed E-state index contributed by atoms with van der Waals surface area (Å²) in [7, 11) is 0. The van der Waals surface area contributed by atoms with Crippen molar-refractivity contribution in [2.75, 3.05) is 13.2 Å². The molecule has 2 atom stereocenters. The first-order valence-corrected chi connectivity index (χ1v) is 7.92. The van der Waals surface area contributed by atoms with Crippen molar-refractivity contribution in [3.8, 4) is 0 Å². The fourth-order valence-corrected chi connectivity index (χ4v) is 3.16. The maximum absolute atomic E-state index is 6.08. The van der Waals surface area contributed by atoms with Gasteiger partial charge in [0.05, 0.1) is 24.4 Å². The zero-order chi connectivity index (χ0) is 14.9. The third-order valence-corrected chi connectivity index (χ3v) is 4.82. The molecule has 21 heavy (non-hydrogen) atoms. The van der Waals surface area contributed by atoms with E-state index >= 15 is 0 Å². The second-order valence-corrected chi connectivity index (χ2v) is 6.71. The van der Waals surface area contributed by atoms with E-state index in [0.29, 0.717) is 30.7 Å². The number of nitrogens with two attached hydrogens (primary N) is 1. The fourth-order valence-electron chi connectivity index (χ4n) is 2.31. The summed E-state index contributed by atoms with van der Waals surface area (Å²) < 4.78 is 10.8. The van der Waals surface area contributed by atoms with E-state index in [-0.39, 0.29) is 11.5 Å². The molecular formula is C15H19N3O2S. The van der Waals surface area contributed by atoms with E-state index in [1.165, 1.54) is 10.5 Å². The van der Waals surface area contributed by atoms with Gasteiger partial charge in [0.2, 0.25) is 5.89 Å². The fraction of sp³-hybridized carbons (Fsp3) is 0.467. The average molecular weight is 305 g/mol. The van der Waals surface area contributed by atoms with Crippen molar-refractivity contribution < 1.29 is 9.26 Å². The van der Waals surface area contributed by atoms with Gasteiger partial charge in [0, 0.05) is 10.9 Å². The van der Waals surface area contributed by atoms with Crippen LogP contribution in [-0.4, -0.2) is 29.4 Å². The summed E-state index contributed by atoms with van der Waals surface area (Å²) >= 11 is 1.70. The Kier molecular flexibility index (Phi) is 4.01. The molecule has 0 saturated carbocycles. The molecule has 2 heterocycles. The van der Waals surface area contributed by atoms with E-state index in [2.05, 4.69) is 41.3 Å². The van der Waals surface area contributed by atoms with Crippen molar-refractivity contribution in [2.24, 2.45) is 5.73 Å². The number of nitrogens with zero attached hydrogens (tertiary/aromatic N) is 2. The monoisotopic (exact) mass is 305 g/mol. The van der Waals surface area contributed by atoms with E-state index in [9.17, 15) is 0 Å². The maximum atomic E-state index is 6.08. The first kappa shape index (κ1) is 14.6. The highest BCUT2D eigenvalue weighted by Gasteiger charge is 2.44. The molecule has 112 valence electrons. The topological polar surface area (TPSA) is 74.2 Å². The zero-order valence-electron chi connectivity index (χ0n) is 12.2. The van der Waals surface area contributed by atoms with Gasteiger partial charge in [-0.15, -0.1) is 11.8 Å². The second-order valence-electron chi connectivity index (χ2n) is 5.66. The normalized spacial score (nSPS) is 25.4. The molecule has 6 heteroatoms. The molecule has 1 aliphatic heterocycles. The average Bonchev–Trinajstić information content (AvgIpc) is 3.06. The maximum Gasteiger partial charge on any atom is 0.236 e. The third-order valence-electron chi connectivity index (χ3n) is 3.83. The van der Waals surface area contributed by atoms with Crippen LogP contribution >= 0.6 is 11.8 Å². The summed E-state index contributed by atoms with van der Waals surface area (Å²) in [4.78, 5) is 5.70. The van der Waals surface area contributed by atoms with E-state index in [1.807, 2.05) is 6.92 Å². The first-order chi connectivity index (χ1) is 10.1.